The minimum Gasteiger partial charge on any atom is -0.462 e. The zero-order valence-corrected chi connectivity index (χ0v) is 38.0. The van der Waals surface area contributed by atoms with Gasteiger partial charge in [0.2, 0.25) is 29.9 Å². The molecule has 0 saturated carbocycles. The van der Waals surface area contributed by atoms with Crippen LogP contribution in [0.5, 0.6) is 5.75 Å². The molecule has 23 nitrogen and oxygen atoms in total. The van der Waals surface area contributed by atoms with Gasteiger partial charge in [0.25, 0.3) is 0 Å². The molecule has 0 aromatic heterocycles. The molecule has 23 heteroatoms. The Balaban J connectivity index is 1.43. The maximum Gasteiger partial charge on any atom is 0.240 e. The van der Waals surface area contributed by atoms with Gasteiger partial charge >= 0.3 is 0 Å². The third-order valence-corrected chi connectivity index (χ3v) is 11.7. The Hall–Kier alpha value is -3.66. The molecular formula is C41H70N8O15. The van der Waals surface area contributed by atoms with Crippen molar-refractivity contribution in [3.05, 3.63) is 24.3 Å². The van der Waals surface area contributed by atoms with Gasteiger partial charge in [-0.25, -0.2) is 0 Å². The second-order valence-electron chi connectivity index (χ2n) is 17.0. The van der Waals surface area contributed by atoms with E-state index in [1.807, 2.05) is 19.6 Å². The molecular weight excluding hydrogens is 844 g/mol. The molecule has 4 rings (SSSR count). The molecule has 7 N–H and O–H groups in total. The van der Waals surface area contributed by atoms with Gasteiger partial charge in [-0.2, -0.15) is 0 Å². The number of rotatable bonds is 15. The third kappa shape index (κ3) is 14.7. The lowest BCUT2D eigenvalue weighted by atomic mass is 9.97. The van der Waals surface area contributed by atoms with E-state index in [1.165, 1.54) is 31.7 Å². The molecule has 0 spiro atoms. The van der Waals surface area contributed by atoms with Crippen LogP contribution in [-0.4, -0.2) is 296 Å². The summed E-state index contributed by atoms with van der Waals surface area (Å²) in [4.78, 5) is 66.5. The van der Waals surface area contributed by atoms with Crippen molar-refractivity contribution in [2.45, 2.75) is 61.4 Å². The van der Waals surface area contributed by atoms with E-state index in [2.05, 4.69) is 0 Å². The summed E-state index contributed by atoms with van der Waals surface area (Å²) in [5.41, 5.74) is 0.502. The van der Waals surface area contributed by atoms with Crippen molar-refractivity contribution in [3.63, 3.8) is 0 Å². The molecule has 3 aliphatic rings. The van der Waals surface area contributed by atoms with Crippen molar-refractivity contribution in [1.82, 2.24) is 34.3 Å². The molecule has 10 atom stereocenters. The summed E-state index contributed by atoms with van der Waals surface area (Å²) in [5.74, 6) is -0.276. The van der Waals surface area contributed by atoms with Crippen LogP contribution in [-0.2, 0) is 33.4 Å². The summed E-state index contributed by atoms with van der Waals surface area (Å²) in [6, 6.07) is 6.27. The fraction of sp³-hybridized carbons (Fsp3) is 0.756. The summed E-state index contributed by atoms with van der Waals surface area (Å²) in [5, 5.41) is 72.2. The second-order valence-corrected chi connectivity index (χ2v) is 17.0. The van der Waals surface area contributed by atoms with Gasteiger partial charge in [0.05, 0.1) is 39.4 Å². The molecule has 64 heavy (non-hydrogen) atoms. The summed E-state index contributed by atoms with van der Waals surface area (Å²) in [7, 11) is 11.8. The Morgan fingerprint density at radius 2 is 0.906 bits per heavy atom. The van der Waals surface area contributed by atoms with Crippen LogP contribution in [0.4, 0.5) is 5.69 Å². The number of benzene rings is 1. The topological polar surface area (TPSA) is 273 Å². The SMILES string of the molecule is CN(C)C(=O)CN1CCN(CC(=O)N(C)C)CCN(CC(=O)N(C)c2ccc(O[C@@H]3O[C@H](CO)[C@@H](O[C@@H]4O[C@H](CO)[C@H](O)[C@H](O)[C@H]4O)[C@H](O)[C@H]3O)cc2)CCN(CC(=O)N(C)C)CC1. The van der Waals surface area contributed by atoms with Crippen molar-refractivity contribution >= 4 is 29.3 Å². The number of amides is 4. The summed E-state index contributed by atoms with van der Waals surface area (Å²) in [6.07, 6.45) is -16.0. The smallest absolute Gasteiger partial charge is 0.240 e. The molecule has 364 valence electrons. The highest BCUT2D eigenvalue weighted by Gasteiger charge is 2.51. The lowest BCUT2D eigenvalue weighted by Crippen LogP contribution is -2.65. The van der Waals surface area contributed by atoms with Crippen molar-refractivity contribution < 1.29 is 73.9 Å². The lowest BCUT2D eigenvalue weighted by Gasteiger charge is -2.45. The van der Waals surface area contributed by atoms with Crippen LogP contribution in [0.2, 0.25) is 0 Å². The van der Waals surface area contributed by atoms with Gasteiger partial charge in [0, 0.05) is 107 Å². The van der Waals surface area contributed by atoms with Gasteiger partial charge in [-0.15, -0.1) is 0 Å². The normalized spacial score (nSPS) is 29.5. The van der Waals surface area contributed by atoms with E-state index >= 15 is 0 Å². The van der Waals surface area contributed by atoms with Gasteiger partial charge in [-0.1, -0.05) is 0 Å². The predicted molar refractivity (Wildman–Crippen MR) is 229 cm³/mol. The first kappa shape index (κ1) is 53.0. The average Bonchev–Trinajstić information content (AvgIpc) is 3.26. The second kappa shape index (κ2) is 24.7. The van der Waals surface area contributed by atoms with E-state index in [4.69, 9.17) is 18.9 Å². The van der Waals surface area contributed by atoms with E-state index in [-0.39, 0.29) is 55.6 Å². The molecule has 0 radical (unpaired) electrons. The van der Waals surface area contributed by atoms with Crippen LogP contribution < -0.4 is 9.64 Å². The van der Waals surface area contributed by atoms with E-state index in [0.717, 1.165) is 0 Å². The molecule has 0 unspecified atom stereocenters. The van der Waals surface area contributed by atoms with E-state index in [9.17, 15) is 54.9 Å². The predicted octanol–water partition coefficient (Wildman–Crippen LogP) is -5.86. The molecule has 0 bridgehead atoms. The number of anilines is 1. The van der Waals surface area contributed by atoms with Gasteiger partial charge in [0.1, 0.15) is 54.6 Å². The summed E-state index contributed by atoms with van der Waals surface area (Å²) < 4.78 is 22.5. The summed E-state index contributed by atoms with van der Waals surface area (Å²) >= 11 is 0. The van der Waals surface area contributed by atoms with Crippen LogP contribution in [0, 0.1) is 0 Å². The fourth-order valence-corrected chi connectivity index (χ4v) is 7.19. The van der Waals surface area contributed by atoms with Crippen LogP contribution in [0.1, 0.15) is 0 Å². The van der Waals surface area contributed by atoms with Crippen molar-refractivity contribution in [2.24, 2.45) is 0 Å². The first-order chi connectivity index (χ1) is 30.2. The van der Waals surface area contributed by atoms with Crippen molar-refractivity contribution in [3.8, 4) is 5.75 Å². The van der Waals surface area contributed by atoms with Crippen molar-refractivity contribution in [1.29, 1.82) is 0 Å². The number of hydrogen-bond donors (Lipinski definition) is 7. The number of aliphatic hydroxyl groups is 7. The Morgan fingerprint density at radius 3 is 1.30 bits per heavy atom. The van der Waals surface area contributed by atoms with Crippen molar-refractivity contribution in [2.75, 3.05) is 146 Å². The molecule has 3 heterocycles. The number of likely N-dealkylation sites (N-methyl/N-ethyl adjacent to an activating group) is 4. The number of ether oxygens (including phenoxy) is 4. The Morgan fingerprint density at radius 1 is 0.531 bits per heavy atom. The highest BCUT2D eigenvalue weighted by Crippen LogP contribution is 2.31. The van der Waals surface area contributed by atoms with Crippen LogP contribution >= 0.6 is 0 Å². The maximum atomic E-state index is 13.9. The molecule has 4 amide bonds. The summed E-state index contributed by atoms with van der Waals surface area (Å²) in [6.45, 7) is 2.82. The lowest BCUT2D eigenvalue weighted by molar-refractivity contribution is -0.352. The highest BCUT2D eigenvalue weighted by molar-refractivity contribution is 5.94. The standard InChI is InChI=1S/C41H70N8O15/c1-42(2)30(52)20-46-12-14-47(21-31(53)43(3)4)16-18-49(19-17-48(15-13-46)22-32(54)44(5)6)23-33(55)45(7)26-8-10-27(11-9-26)61-40-38(60)36(58)39(29(25-51)63-40)64-41-37(59)35(57)34(56)28(24-50)62-41/h8-11,28-29,34-41,50-51,56-60H,12-25H2,1-7H3/t28-,29-,34+,35+,36-,37-,38-,39-,40-,41+/m1/s1. The average molecular weight is 915 g/mol. The van der Waals surface area contributed by atoms with Crippen LogP contribution in [0.25, 0.3) is 0 Å². The molecule has 3 aliphatic heterocycles. The maximum absolute atomic E-state index is 13.9. The number of hydrogen-bond acceptors (Lipinski definition) is 19. The quantitative estimate of drug-likeness (QED) is 0.0864. The largest absolute Gasteiger partial charge is 0.462 e. The number of carbonyl (C=O) groups is 4. The fourth-order valence-electron chi connectivity index (χ4n) is 7.19. The van der Waals surface area contributed by atoms with Crippen LogP contribution in [0.15, 0.2) is 24.3 Å². The molecule has 0 aliphatic carbocycles. The molecule has 3 saturated heterocycles. The molecule has 1 aromatic rings. The van der Waals surface area contributed by atoms with Gasteiger partial charge in [-0.3, -0.25) is 38.8 Å². The number of aliphatic hydroxyl groups excluding tert-OH is 7. The first-order valence-corrected chi connectivity index (χ1v) is 21.4. The number of carbonyl (C=O) groups excluding carboxylic acids is 4. The van der Waals surface area contributed by atoms with E-state index in [1.54, 1.807) is 61.5 Å². The van der Waals surface area contributed by atoms with Gasteiger partial charge in [-0.05, 0) is 24.3 Å². The molecule has 1 aromatic carbocycles. The van der Waals surface area contributed by atoms with E-state index in [0.29, 0.717) is 58.0 Å². The van der Waals surface area contributed by atoms with Gasteiger partial charge in [0.15, 0.2) is 6.29 Å². The first-order valence-electron chi connectivity index (χ1n) is 21.4. The van der Waals surface area contributed by atoms with Crippen LogP contribution in [0.3, 0.4) is 0 Å². The minimum absolute atomic E-state index is 0.0120. The Kier molecular flexibility index (Phi) is 20.5. The zero-order valence-electron chi connectivity index (χ0n) is 38.0. The Bertz CT molecular complexity index is 1600. The third-order valence-electron chi connectivity index (χ3n) is 11.7. The Labute approximate surface area is 374 Å². The molecule has 3 fully saturated rings. The highest BCUT2D eigenvalue weighted by atomic mass is 16.7. The minimum atomic E-state index is -1.80. The monoisotopic (exact) mass is 914 g/mol. The number of nitrogens with zero attached hydrogens (tertiary/aromatic N) is 8. The van der Waals surface area contributed by atoms with E-state index < -0.39 is 74.6 Å². The zero-order chi connectivity index (χ0) is 47.4. The van der Waals surface area contributed by atoms with Gasteiger partial charge < -0.3 is 74.3 Å².